The van der Waals surface area contributed by atoms with E-state index in [0.29, 0.717) is 18.9 Å². The van der Waals surface area contributed by atoms with Crippen LogP contribution >= 0.6 is 11.6 Å². The summed E-state index contributed by atoms with van der Waals surface area (Å²) in [5.41, 5.74) is 1.61. The van der Waals surface area contributed by atoms with Crippen LogP contribution in [-0.4, -0.2) is 29.1 Å². The van der Waals surface area contributed by atoms with E-state index in [1.807, 2.05) is 0 Å². The fourth-order valence-electron chi connectivity index (χ4n) is 2.35. The lowest BCUT2D eigenvalue weighted by atomic mass is 10.2. The third-order valence-corrected chi connectivity index (χ3v) is 3.43. The topological polar surface area (TPSA) is 27.1 Å². The summed E-state index contributed by atoms with van der Waals surface area (Å²) in [4.78, 5) is 4.55. The molecule has 0 radical (unpaired) electrons. The lowest BCUT2D eigenvalue weighted by molar-refractivity contribution is 0.153. The first kappa shape index (κ1) is 14.3. The number of methoxy groups -OCH3 is 1. The molecule has 0 aliphatic carbocycles. The lowest BCUT2D eigenvalue weighted by Gasteiger charge is -2.19. The number of aryl methyl sites for hydroxylation is 1. The first-order valence-electron chi connectivity index (χ1n) is 6.42. The summed E-state index contributed by atoms with van der Waals surface area (Å²) in [6, 6.07) is 4.81. The molecule has 1 heterocycles. The maximum absolute atomic E-state index is 13.5. The highest BCUT2D eigenvalue weighted by atomic mass is 35.5. The number of alkyl halides is 1. The summed E-state index contributed by atoms with van der Waals surface area (Å²) in [6.45, 7) is 2.66. The van der Waals surface area contributed by atoms with Crippen LogP contribution in [0.25, 0.3) is 11.0 Å². The van der Waals surface area contributed by atoms with Crippen molar-refractivity contribution < 1.29 is 9.13 Å². The number of hydrogen-bond acceptors (Lipinski definition) is 2. The van der Waals surface area contributed by atoms with E-state index < -0.39 is 0 Å². The van der Waals surface area contributed by atoms with Crippen LogP contribution in [0.5, 0.6) is 0 Å². The van der Waals surface area contributed by atoms with E-state index in [-0.39, 0.29) is 11.9 Å². The van der Waals surface area contributed by atoms with Crippen LogP contribution in [0.4, 0.5) is 4.39 Å². The number of aromatic nitrogens is 2. The maximum Gasteiger partial charge on any atom is 0.125 e. The predicted molar refractivity (Wildman–Crippen MR) is 75.3 cm³/mol. The van der Waals surface area contributed by atoms with E-state index in [1.165, 1.54) is 12.1 Å². The third kappa shape index (κ3) is 2.90. The zero-order valence-corrected chi connectivity index (χ0v) is 12.0. The highest BCUT2D eigenvalue weighted by Crippen LogP contribution is 2.25. The third-order valence-electron chi connectivity index (χ3n) is 3.24. The van der Waals surface area contributed by atoms with Crippen molar-refractivity contribution in [2.45, 2.75) is 25.8 Å². The van der Waals surface area contributed by atoms with Crippen LogP contribution in [0.2, 0.25) is 0 Å². The number of fused-ring (bicyclic) bond motifs is 1. The number of halogens is 2. The highest BCUT2D eigenvalue weighted by molar-refractivity contribution is 6.17. The van der Waals surface area contributed by atoms with Crippen LogP contribution in [0.3, 0.4) is 0 Å². The van der Waals surface area contributed by atoms with Crippen LogP contribution in [-0.2, 0) is 11.2 Å². The summed E-state index contributed by atoms with van der Waals surface area (Å²) in [5.74, 6) is 1.13. The van der Waals surface area contributed by atoms with Crippen molar-refractivity contribution in [1.82, 2.24) is 9.55 Å². The van der Waals surface area contributed by atoms with Crippen molar-refractivity contribution in [2.24, 2.45) is 0 Å². The number of benzene rings is 1. The Morgan fingerprint density at radius 2 is 2.26 bits per heavy atom. The largest absolute Gasteiger partial charge is 0.383 e. The molecule has 1 aromatic carbocycles. The smallest absolute Gasteiger partial charge is 0.125 e. The molecule has 0 N–H and O–H groups in total. The predicted octanol–water partition coefficient (Wildman–Crippen LogP) is 3.55. The second kappa shape index (κ2) is 6.35. The zero-order chi connectivity index (χ0) is 13.8. The molecule has 0 saturated heterocycles. The molecular weight excluding hydrogens is 267 g/mol. The minimum Gasteiger partial charge on any atom is -0.383 e. The van der Waals surface area contributed by atoms with Crippen LogP contribution in [0.1, 0.15) is 25.2 Å². The second-order valence-electron chi connectivity index (χ2n) is 4.49. The van der Waals surface area contributed by atoms with Crippen molar-refractivity contribution in [1.29, 1.82) is 0 Å². The molecule has 0 fully saturated rings. The number of rotatable bonds is 6. The van der Waals surface area contributed by atoms with Crippen molar-refractivity contribution in [2.75, 3.05) is 19.6 Å². The Morgan fingerprint density at radius 3 is 2.89 bits per heavy atom. The van der Waals surface area contributed by atoms with E-state index in [2.05, 4.69) is 16.5 Å². The normalized spacial score (nSPS) is 13.1. The Hall–Kier alpha value is -1.13. The highest BCUT2D eigenvalue weighted by Gasteiger charge is 2.18. The Morgan fingerprint density at radius 1 is 1.47 bits per heavy atom. The Labute approximate surface area is 117 Å². The van der Waals surface area contributed by atoms with Gasteiger partial charge in [-0.2, -0.15) is 0 Å². The minimum absolute atomic E-state index is 0.148. The van der Waals surface area contributed by atoms with Crippen LogP contribution in [0.15, 0.2) is 18.2 Å². The van der Waals surface area contributed by atoms with Gasteiger partial charge in [0.05, 0.1) is 23.7 Å². The number of ether oxygens (including phenoxy) is 1. The summed E-state index contributed by atoms with van der Waals surface area (Å²) >= 11 is 5.83. The summed E-state index contributed by atoms with van der Waals surface area (Å²) < 4.78 is 20.8. The molecule has 2 aromatic rings. The molecular formula is C14H18ClFN2O. The number of nitrogens with zero attached hydrogens (tertiary/aromatic N) is 2. The fraction of sp³-hybridized carbons (Fsp3) is 0.500. The Bertz CT molecular complexity index is 556. The molecule has 2 rings (SSSR count). The van der Waals surface area contributed by atoms with E-state index >= 15 is 0 Å². The SMILES string of the molecule is CCC(COC)n1c(CCCl)nc2ccc(F)cc21. The molecule has 0 aliphatic rings. The molecule has 104 valence electrons. The van der Waals surface area contributed by atoms with Gasteiger partial charge < -0.3 is 9.30 Å². The maximum atomic E-state index is 13.5. The van der Waals surface area contributed by atoms with Gasteiger partial charge in [0.25, 0.3) is 0 Å². The van der Waals surface area contributed by atoms with Gasteiger partial charge in [-0.05, 0) is 24.6 Å². The van der Waals surface area contributed by atoms with E-state index in [9.17, 15) is 4.39 Å². The van der Waals surface area contributed by atoms with Crippen molar-refractivity contribution in [3.8, 4) is 0 Å². The van der Waals surface area contributed by atoms with Gasteiger partial charge in [0, 0.05) is 19.4 Å². The molecule has 3 nitrogen and oxygen atoms in total. The van der Waals surface area contributed by atoms with Gasteiger partial charge in [-0.15, -0.1) is 11.6 Å². The molecule has 19 heavy (non-hydrogen) atoms. The Kier molecular flexibility index (Phi) is 4.77. The van der Waals surface area contributed by atoms with Crippen LogP contribution < -0.4 is 0 Å². The summed E-state index contributed by atoms with van der Waals surface area (Å²) in [7, 11) is 1.67. The summed E-state index contributed by atoms with van der Waals surface area (Å²) in [6.07, 6.45) is 1.56. The number of hydrogen-bond donors (Lipinski definition) is 0. The molecule has 5 heteroatoms. The van der Waals surface area contributed by atoms with Crippen molar-refractivity contribution in [3.05, 3.63) is 29.8 Å². The monoisotopic (exact) mass is 284 g/mol. The van der Waals surface area contributed by atoms with Crippen LogP contribution in [0, 0.1) is 5.82 Å². The van der Waals surface area contributed by atoms with Gasteiger partial charge in [0.15, 0.2) is 0 Å². The molecule has 1 aromatic heterocycles. The first-order chi connectivity index (χ1) is 9.21. The molecule has 0 amide bonds. The average molecular weight is 285 g/mol. The van der Waals surface area contributed by atoms with E-state index in [4.69, 9.17) is 16.3 Å². The average Bonchev–Trinajstić information content (AvgIpc) is 2.74. The van der Waals surface area contributed by atoms with Gasteiger partial charge in [-0.1, -0.05) is 6.92 Å². The molecule has 0 bridgehead atoms. The standard InChI is InChI=1S/C14H18ClFN2O/c1-3-11(9-19-2)18-13-8-10(16)4-5-12(13)17-14(18)6-7-15/h4-5,8,11H,3,6-7,9H2,1-2H3. The molecule has 0 aliphatic heterocycles. The molecule has 1 atom stereocenters. The fourth-order valence-corrected chi connectivity index (χ4v) is 2.52. The van der Waals surface area contributed by atoms with E-state index in [1.54, 1.807) is 13.2 Å². The quantitative estimate of drug-likeness (QED) is 0.759. The lowest BCUT2D eigenvalue weighted by Crippen LogP contribution is -2.17. The minimum atomic E-state index is -0.252. The second-order valence-corrected chi connectivity index (χ2v) is 4.87. The zero-order valence-electron chi connectivity index (χ0n) is 11.2. The summed E-state index contributed by atoms with van der Waals surface area (Å²) in [5, 5.41) is 0. The van der Waals surface area contributed by atoms with Gasteiger partial charge in [-0.3, -0.25) is 0 Å². The number of imidazole rings is 1. The van der Waals surface area contributed by atoms with Gasteiger partial charge in [-0.25, -0.2) is 9.37 Å². The van der Waals surface area contributed by atoms with Gasteiger partial charge in [0.1, 0.15) is 11.6 Å². The van der Waals surface area contributed by atoms with Crippen molar-refractivity contribution >= 4 is 22.6 Å². The first-order valence-corrected chi connectivity index (χ1v) is 6.96. The molecule has 0 saturated carbocycles. The molecule has 1 unspecified atom stereocenters. The van der Waals surface area contributed by atoms with Crippen molar-refractivity contribution in [3.63, 3.8) is 0 Å². The van der Waals surface area contributed by atoms with Gasteiger partial charge in [0.2, 0.25) is 0 Å². The molecule has 0 spiro atoms. The van der Waals surface area contributed by atoms with Gasteiger partial charge >= 0.3 is 0 Å². The van der Waals surface area contributed by atoms with E-state index in [0.717, 1.165) is 23.3 Å². The Balaban J connectivity index is 2.58.